The summed E-state index contributed by atoms with van der Waals surface area (Å²) >= 11 is 0. The lowest BCUT2D eigenvalue weighted by atomic mass is 10.1. The maximum atomic E-state index is 12.2. The van der Waals surface area contributed by atoms with Crippen molar-refractivity contribution in [2.24, 2.45) is 0 Å². The predicted molar refractivity (Wildman–Crippen MR) is 72.9 cm³/mol. The smallest absolute Gasteiger partial charge is 0.366 e. The molecule has 0 fully saturated rings. The minimum atomic E-state index is -1.03. The average molecular weight is 254 g/mol. The molecule has 0 spiro atoms. The van der Waals surface area contributed by atoms with Crippen molar-refractivity contribution in [3.63, 3.8) is 0 Å². The molecule has 0 radical (unpaired) electrons. The fourth-order valence-corrected chi connectivity index (χ4v) is 1.35. The van der Waals surface area contributed by atoms with Gasteiger partial charge in [-0.15, -0.1) is 0 Å². The molecular weight excluding hydrogens is 231 g/mol. The Kier molecular flexibility index (Phi) is 11.2. The van der Waals surface area contributed by atoms with E-state index in [9.17, 15) is 9.18 Å². The number of carbonyl (C=O) groups excluding carboxylic acids is 1. The molecule has 18 heavy (non-hydrogen) atoms. The molecule has 0 aromatic heterocycles. The van der Waals surface area contributed by atoms with Crippen molar-refractivity contribution >= 4 is 5.97 Å². The zero-order valence-electron chi connectivity index (χ0n) is 11.2. The van der Waals surface area contributed by atoms with Gasteiger partial charge in [-0.3, -0.25) is 0 Å². The van der Waals surface area contributed by atoms with Crippen LogP contribution in [0.15, 0.2) is 36.7 Å². The first kappa shape index (κ1) is 16.6. The van der Waals surface area contributed by atoms with E-state index in [1.54, 1.807) is 0 Å². The van der Waals surface area contributed by atoms with Crippen LogP contribution in [0.2, 0.25) is 0 Å². The first-order chi connectivity index (χ1) is 8.68. The molecule has 0 N–H and O–H groups in total. The fraction of sp³-hybridized carbons (Fsp3) is 0.533. The third kappa shape index (κ3) is 11.1. The van der Waals surface area contributed by atoms with E-state index in [0.29, 0.717) is 0 Å². The van der Waals surface area contributed by atoms with Crippen LogP contribution in [0.4, 0.5) is 4.39 Å². The molecule has 0 aliphatic heterocycles. The lowest BCUT2D eigenvalue weighted by Crippen LogP contribution is -2.05. The van der Waals surface area contributed by atoms with Crippen molar-refractivity contribution in [1.82, 2.24) is 0 Å². The number of hydrogen-bond acceptors (Lipinski definition) is 2. The zero-order chi connectivity index (χ0) is 13.6. The molecule has 2 nitrogen and oxygen atoms in total. The summed E-state index contributed by atoms with van der Waals surface area (Å²) in [7, 11) is 0. The monoisotopic (exact) mass is 254 g/mol. The normalized spacial score (nSPS) is 11.2. The Labute approximate surface area is 109 Å². The van der Waals surface area contributed by atoms with Crippen LogP contribution in [0.1, 0.15) is 45.4 Å². The molecule has 0 aromatic carbocycles. The Bertz CT molecular complexity index is 293. The van der Waals surface area contributed by atoms with E-state index < -0.39 is 11.8 Å². The Hall–Kier alpha value is -1.38. The number of halogens is 1. The highest BCUT2D eigenvalue weighted by Crippen LogP contribution is 2.05. The molecule has 0 amide bonds. The van der Waals surface area contributed by atoms with Crippen LogP contribution in [0.25, 0.3) is 0 Å². The first-order valence-corrected chi connectivity index (χ1v) is 6.51. The first-order valence-electron chi connectivity index (χ1n) is 6.51. The van der Waals surface area contributed by atoms with Crippen molar-refractivity contribution in [1.29, 1.82) is 0 Å². The van der Waals surface area contributed by atoms with Gasteiger partial charge in [-0.2, -0.15) is 4.39 Å². The summed E-state index contributed by atoms with van der Waals surface area (Å²) < 4.78 is 16.9. The van der Waals surface area contributed by atoms with Gasteiger partial charge in [0.1, 0.15) is 0 Å². The molecular formula is C15H23FO2. The van der Waals surface area contributed by atoms with Gasteiger partial charge in [-0.1, -0.05) is 50.6 Å². The van der Waals surface area contributed by atoms with Crippen LogP contribution in [-0.4, -0.2) is 12.6 Å². The van der Waals surface area contributed by atoms with Crippen molar-refractivity contribution in [3.05, 3.63) is 36.7 Å². The molecule has 0 rings (SSSR count). The van der Waals surface area contributed by atoms with Crippen molar-refractivity contribution in [3.8, 4) is 0 Å². The van der Waals surface area contributed by atoms with Crippen LogP contribution in [-0.2, 0) is 9.53 Å². The van der Waals surface area contributed by atoms with Gasteiger partial charge in [0.2, 0.25) is 5.83 Å². The van der Waals surface area contributed by atoms with Crippen LogP contribution < -0.4 is 0 Å². The highest BCUT2D eigenvalue weighted by molar-refractivity contribution is 5.85. The molecule has 0 aliphatic carbocycles. The number of rotatable bonds is 10. The van der Waals surface area contributed by atoms with Crippen LogP contribution in [0, 0.1) is 0 Å². The summed E-state index contributed by atoms with van der Waals surface area (Å²) in [6.45, 7) is 5.25. The summed E-state index contributed by atoms with van der Waals surface area (Å²) in [5.74, 6) is -1.97. The Morgan fingerprint density at radius 3 is 2.50 bits per heavy atom. The van der Waals surface area contributed by atoms with E-state index in [-0.39, 0.29) is 6.61 Å². The Morgan fingerprint density at radius 1 is 1.17 bits per heavy atom. The van der Waals surface area contributed by atoms with Gasteiger partial charge in [0.05, 0.1) is 6.61 Å². The van der Waals surface area contributed by atoms with Crippen molar-refractivity contribution in [2.45, 2.75) is 45.4 Å². The zero-order valence-corrected chi connectivity index (χ0v) is 11.2. The Balaban J connectivity index is 3.26. The minimum Gasteiger partial charge on any atom is -0.460 e. The number of unbranched alkanes of at least 4 members (excludes halogenated alkanes) is 4. The molecule has 102 valence electrons. The number of allylic oxidation sites excluding steroid dienone is 4. The quantitative estimate of drug-likeness (QED) is 0.248. The number of ether oxygens (including phenoxy) is 1. The van der Waals surface area contributed by atoms with Gasteiger partial charge in [0, 0.05) is 0 Å². The standard InChI is InChI=1S/C15H23FO2/c1-3-4-5-6-7-8-9-10-11-12-13-18-15(17)14(2)16/h4-7H,2-3,8-13H2,1H3. The van der Waals surface area contributed by atoms with E-state index in [4.69, 9.17) is 0 Å². The molecule has 3 heteroatoms. The van der Waals surface area contributed by atoms with Crippen LogP contribution in [0.3, 0.4) is 0 Å². The van der Waals surface area contributed by atoms with E-state index in [1.807, 2.05) is 0 Å². The molecule has 0 atom stereocenters. The molecule has 0 bridgehead atoms. The van der Waals surface area contributed by atoms with Crippen molar-refractivity contribution in [2.75, 3.05) is 6.61 Å². The third-order valence-corrected chi connectivity index (χ3v) is 2.34. The van der Waals surface area contributed by atoms with E-state index in [1.165, 1.54) is 0 Å². The highest BCUT2D eigenvalue weighted by atomic mass is 19.1. The highest BCUT2D eigenvalue weighted by Gasteiger charge is 2.05. The lowest BCUT2D eigenvalue weighted by molar-refractivity contribution is -0.140. The SMILES string of the molecule is C=C(F)C(=O)OCCCCCCC=CC=CCC. The van der Waals surface area contributed by atoms with E-state index in [2.05, 4.69) is 42.5 Å². The number of hydrogen-bond donors (Lipinski definition) is 0. The van der Waals surface area contributed by atoms with Gasteiger partial charge in [0.15, 0.2) is 0 Å². The summed E-state index contributed by atoms with van der Waals surface area (Å²) in [6, 6.07) is 0. The van der Waals surface area contributed by atoms with Gasteiger partial charge in [-0.25, -0.2) is 4.79 Å². The fourth-order valence-electron chi connectivity index (χ4n) is 1.35. The van der Waals surface area contributed by atoms with Crippen LogP contribution in [0.5, 0.6) is 0 Å². The Morgan fingerprint density at radius 2 is 1.83 bits per heavy atom. The van der Waals surface area contributed by atoms with Gasteiger partial charge in [0.25, 0.3) is 0 Å². The molecule has 0 heterocycles. The molecule has 0 saturated carbocycles. The van der Waals surface area contributed by atoms with Crippen LogP contribution >= 0.6 is 0 Å². The second kappa shape index (κ2) is 12.1. The van der Waals surface area contributed by atoms with E-state index >= 15 is 0 Å². The molecule has 0 unspecified atom stereocenters. The summed E-state index contributed by atoms with van der Waals surface area (Å²) in [5, 5.41) is 0. The topological polar surface area (TPSA) is 26.3 Å². The van der Waals surface area contributed by atoms with Gasteiger partial charge in [-0.05, 0) is 25.7 Å². The summed E-state index contributed by atoms with van der Waals surface area (Å²) in [6.07, 6.45) is 14.5. The molecule has 0 saturated heterocycles. The summed E-state index contributed by atoms with van der Waals surface area (Å²) in [4.78, 5) is 10.7. The second-order valence-electron chi connectivity index (χ2n) is 4.01. The maximum Gasteiger partial charge on any atom is 0.366 e. The summed E-state index contributed by atoms with van der Waals surface area (Å²) in [5.41, 5.74) is 0. The van der Waals surface area contributed by atoms with Gasteiger partial charge < -0.3 is 4.74 Å². The van der Waals surface area contributed by atoms with Crippen molar-refractivity contribution < 1.29 is 13.9 Å². The van der Waals surface area contributed by atoms with Gasteiger partial charge >= 0.3 is 5.97 Å². The molecule has 0 aromatic rings. The predicted octanol–water partition coefficient (Wildman–Crippen LogP) is 4.49. The number of carbonyl (C=O) groups is 1. The minimum absolute atomic E-state index is 0.275. The lowest BCUT2D eigenvalue weighted by Gasteiger charge is -2.02. The van der Waals surface area contributed by atoms with E-state index in [0.717, 1.165) is 38.5 Å². The average Bonchev–Trinajstić information content (AvgIpc) is 2.35. The second-order valence-corrected chi connectivity index (χ2v) is 4.01. The maximum absolute atomic E-state index is 12.2. The number of esters is 1. The largest absolute Gasteiger partial charge is 0.460 e. The third-order valence-electron chi connectivity index (χ3n) is 2.34. The molecule has 0 aliphatic rings.